The lowest BCUT2D eigenvalue weighted by Gasteiger charge is -2.09. The van der Waals surface area contributed by atoms with Crippen molar-refractivity contribution < 1.29 is 14.3 Å². The maximum Gasteiger partial charge on any atom is 0.334 e. The Morgan fingerprint density at radius 2 is 2.00 bits per heavy atom. The van der Waals surface area contributed by atoms with Gasteiger partial charge in [-0.05, 0) is 13.3 Å². The summed E-state index contributed by atoms with van der Waals surface area (Å²) in [7, 11) is 1.37. The van der Waals surface area contributed by atoms with Crippen molar-refractivity contribution in [1.29, 1.82) is 0 Å². The van der Waals surface area contributed by atoms with E-state index in [4.69, 9.17) is 4.74 Å². The summed E-state index contributed by atoms with van der Waals surface area (Å²) in [5.74, 6) is -0.296. The number of unbranched alkanes of at least 4 members (excludes halogenated alkanes) is 3. The maximum atomic E-state index is 10.9. The zero-order valence-corrected chi connectivity index (χ0v) is 8.84. The van der Waals surface area contributed by atoms with E-state index in [1.54, 1.807) is 6.92 Å². The summed E-state index contributed by atoms with van der Waals surface area (Å²) in [6.07, 6.45) is 4.22. The largest absolute Gasteiger partial charge is 0.467 e. The molecule has 0 aromatic rings. The van der Waals surface area contributed by atoms with Gasteiger partial charge in [0, 0.05) is 6.61 Å². The monoisotopic (exact) mass is 188 g/mol. The molecule has 0 fully saturated rings. The van der Waals surface area contributed by atoms with E-state index in [0.29, 0.717) is 6.61 Å². The quantitative estimate of drug-likeness (QED) is 0.453. The summed E-state index contributed by atoms with van der Waals surface area (Å²) >= 11 is 0. The predicted molar refractivity (Wildman–Crippen MR) is 51.6 cm³/mol. The molecule has 0 N–H and O–H groups in total. The van der Waals surface area contributed by atoms with E-state index >= 15 is 0 Å². The van der Waals surface area contributed by atoms with Gasteiger partial charge in [0.1, 0.15) is 0 Å². The molecule has 0 radical (unpaired) electrons. The minimum atomic E-state index is -0.424. The molecule has 0 saturated heterocycles. The molecule has 0 bridgehead atoms. The third-order valence-corrected chi connectivity index (χ3v) is 1.90. The van der Waals surface area contributed by atoms with Crippen LogP contribution in [0.25, 0.3) is 0 Å². The molecule has 0 aromatic carbocycles. The first kappa shape index (κ1) is 12.4. The van der Waals surface area contributed by atoms with Crippen LogP contribution < -0.4 is 0 Å². The molecular formula is C10H20O3. The fourth-order valence-electron chi connectivity index (χ4n) is 1.02. The second kappa shape index (κ2) is 8.05. The Kier molecular flexibility index (Phi) is 7.69. The number of esters is 1. The SMILES string of the molecule is CCCCCCO[C@@H](C)C(=O)OC. The highest BCUT2D eigenvalue weighted by Gasteiger charge is 2.12. The summed E-state index contributed by atoms with van der Waals surface area (Å²) < 4.78 is 9.79. The minimum absolute atomic E-state index is 0.296. The van der Waals surface area contributed by atoms with E-state index in [1.807, 2.05) is 0 Å². The van der Waals surface area contributed by atoms with Crippen LogP contribution in [0, 0.1) is 0 Å². The lowest BCUT2D eigenvalue weighted by Crippen LogP contribution is -2.22. The van der Waals surface area contributed by atoms with Crippen LogP contribution in [-0.4, -0.2) is 25.8 Å². The van der Waals surface area contributed by atoms with Crippen LogP contribution in [-0.2, 0) is 14.3 Å². The Balaban J connectivity index is 3.26. The van der Waals surface area contributed by atoms with Gasteiger partial charge in [0.2, 0.25) is 0 Å². The van der Waals surface area contributed by atoms with Crippen LogP contribution in [0.4, 0.5) is 0 Å². The standard InChI is InChI=1S/C10H20O3/c1-4-5-6-7-8-13-9(2)10(11)12-3/h9H,4-8H2,1-3H3/t9-/m0/s1. The number of ether oxygens (including phenoxy) is 2. The first-order valence-corrected chi connectivity index (χ1v) is 4.91. The summed E-state index contributed by atoms with van der Waals surface area (Å²) in [5.41, 5.74) is 0. The van der Waals surface area contributed by atoms with Gasteiger partial charge in [0.15, 0.2) is 6.10 Å². The van der Waals surface area contributed by atoms with Crippen LogP contribution in [0.1, 0.15) is 39.5 Å². The normalized spacial score (nSPS) is 12.5. The van der Waals surface area contributed by atoms with Gasteiger partial charge < -0.3 is 9.47 Å². The van der Waals surface area contributed by atoms with Crippen LogP contribution in [0.2, 0.25) is 0 Å². The molecule has 0 aliphatic carbocycles. The van der Waals surface area contributed by atoms with E-state index in [9.17, 15) is 4.79 Å². The highest BCUT2D eigenvalue weighted by Crippen LogP contribution is 2.01. The zero-order chi connectivity index (χ0) is 10.1. The van der Waals surface area contributed by atoms with Gasteiger partial charge >= 0.3 is 5.97 Å². The van der Waals surface area contributed by atoms with Crippen molar-refractivity contribution in [1.82, 2.24) is 0 Å². The topological polar surface area (TPSA) is 35.5 Å². The smallest absolute Gasteiger partial charge is 0.334 e. The average molecular weight is 188 g/mol. The van der Waals surface area contributed by atoms with Gasteiger partial charge in [-0.2, -0.15) is 0 Å². The second-order valence-corrected chi connectivity index (χ2v) is 3.10. The Morgan fingerprint density at radius 3 is 2.54 bits per heavy atom. The number of carbonyl (C=O) groups is 1. The van der Waals surface area contributed by atoms with Gasteiger partial charge in [-0.1, -0.05) is 26.2 Å². The van der Waals surface area contributed by atoms with Crippen LogP contribution in [0.3, 0.4) is 0 Å². The minimum Gasteiger partial charge on any atom is -0.467 e. The van der Waals surface area contributed by atoms with Crippen molar-refractivity contribution in [2.75, 3.05) is 13.7 Å². The van der Waals surface area contributed by atoms with Crippen molar-refractivity contribution in [2.45, 2.75) is 45.6 Å². The van der Waals surface area contributed by atoms with Crippen molar-refractivity contribution >= 4 is 5.97 Å². The number of rotatable bonds is 7. The van der Waals surface area contributed by atoms with Crippen LogP contribution in [0.5, 0.6) is 0 Å². The average Bonchev–Trinajstić information content (AvgIpc) is 2.16. The molecule has 78 valence electrons. The fraction of sp³-hybridized carbons (Fsp3) is 0.900. The molecule has 1 atom stereocenters. The van der Waals surface area contributed by atoms with Crippen molar-refractivity contribution in [2.24, 2.45) is 0 Å². The second-order valence-electron chi connectivity index (χ2n) is 3.10. The van der Waals surface area contributed by atoms with Crippen molar-refractivity contribution in [3.63, 3.8) is 0 Å². The van der Waals surface area contributed by atoms with Gasteiger partial charge in [0.05, 0.1) is 7.11 Å². The number of hydrogen-bond acceptors (Lipinski definition) is 3. The molecule has 0 unspecified atom stereocenters. The van der Waals surface area contributed by atoms with Crippen molar-refractivity contribution in [3.05, 3.63) is 0 Å². The highest BCUT2D eigenvalue weighted by molar-refractivity contribution is 5.73. The van der Waals surface area contributed by atoms with Gasteiger partial charge in [-0.3, -0.25) is 0 Å². The first-order valence-electron chi connectivity index (χ1n) is 4.91. The summed E-state index contributed by atoms with van der Waals surface area (Å²) in [6, 6.07) is 0. The van der Waals surface area contributed by atoms with Crippen LogP contribution >= 0.6 is 0 Å². The molecule has 3 nitrogen and oxygen atoms in total. The lowest BCUT2D eigenvalue weighted by atomic mass is 10.2. The van der Waals surface area contributed by atoms with Gasteiger partial charge in [-0.25, -0.2) is 4.79 Å². The summed E-state index contributed by atoms with van der Waals surface area (Å²) in [5, 5.41) is 0. The summed E-state index contributed by atoms with van der Waals surface area (Å²) in [6.45, 7) is 4.53. The van der Waals surface area contributed by atoms with Crippen LogP contribution in [0.15, 0.2) is 0 Å². The fourth-order valence-corrected chi connectivity index (χ4v) is 1.02. The number of hydrogen-bond donors (Lipinski definition) is 0. The molecule has 0 rings (SSSR count). The summed E-state index contributed by atoms with van der Waals surface area (Å²) in [4.78, 5) is 10.9. The maximum absolute atomic E-state index is 10.9. The Labute approximate surface area is 80.4 Å². The lowest BCUT2D eigenvalue weighted by molar-refractivity contribution is -0.152. The third-order valence-electron chi connectivity index (χ3n) is 1.90. The molecule has 3 heteroatoms. The van der Waals surface area contributed by atoms with Gasteiger partial charge in [-0.15, -0.1) is 0 Å². The van der Waals surface area contributed by atoms with Crippen molar-refractivity contribution in [3.8, 4) is 0 Å². The molecule has 0 amide bonds. The molecule has 0 saturated carbocycles. The van der Waals surface area contributed by atoms with E-state index in [0.717, 1.165) is 6.42 Å². The Morgan fingerprint density at radius 1 is 1.31 bits per heavy atom. The Hall–Kier alpha value is -0.570. The number of carbonyl (C=O) groups excluding carboxylic acids is 1. The molecule has 13 heavy (non-hydrogen) atoms. The highest BCUT2D eigenvalue weighted by atomic mass is 16.6. The van der Waals surface area contributed by atoms with E-state index in [1.165, 1.54) is 26.4 Å². The first-order chi connectivity index (χ1) is 6.22. The Bertz CT molecular complexity index is 134. The zero-order valence-electron chi connectivity index (χ0n) is 8.84. The molecule has 0 aliphatic rings. The molecule has 0 heterocycles. The van der Waals surface area contributed by atoms with E-state index in [2.05, 4.69) is 11.7 Å². The number of methoxy groups -OCH3 is 1. The molecule has 0 aromatic heterocycles. The van der Waals surface area contributed by atoms with E-state index in [-0.39, 0.29) is 5.97 Å². The molecule has 0 aliphatic heterocycles. The third kappa shape index (κ3) is 6.58. The van der Waals surface area contributed by atoms with E-state index < -0.39 is 6.10 Å². The predicted octanol–water partition coefficient (Wildman–Crippen LogP) is 2.14. The molecule has 0 spiro atoms. The van der Waals surface area contributed by atoms with Gasteiger partial charge in [0.25, 0.3) is 0 Å². The molecular weight excluding hydrogens is 168 g/mol.